The number of anilines is 2. The minimum absolute atomic E-state index is 0.0213. The lowest BCUT2D eigenvalue weighted by atomic mass is 10.3. The first-order chi connectivity index (χ1) is 13.5. The molecule has 158 valence electrons. The predicted molar refractivity (Wildman–Crippen MR) is 103 cm³/mol. The number of carbonyl (C=O) groups is 1. The highest BCUT2D eigenvalue weighted by atomic mass is 32.2. The molecule has 2 aromatic rings. The molecule has 2 rings (SSSR count). The molecule has 0 aliphatic carbocycles. The quantitative estimate of drug-likeness (QED) is 0.401. The summed E-state index contributed by atoms with van der Waals surface area (Å²) in [6.45, 7) is -0.0442. The third kappa shape index (κ3) is 7.21. The van der Waals surface area contributed by atoms with Gasteiger partial charge in [-0.05, 0) is 42.8 Å². The summed E-state index contributed by atoms with van der Waals surface area (Å²) in [6, 6.07) is 8.29. The maximum Gasteiger partial charge on any atom is 0.303 e. The fourth-order valence-electron chi connectivity index (χ4n) is 2.20. The molecule has 0 saturated heterocycles. The fourth-order valence-corrected chi connectivity index (χ4v) is 3.71. The van der Waals surface area contributed by atoms with E-state index in [4.69, 9.17) is 15.0 Å². The van der Waals surface area contributed by atoms with E-state index in [0.29, 0.717) is 0 Å². The number of rotatable bonds is 10. The lowest BCUT2D eigenvalue weighted by molar-refractivity contribution is -0.137. The Morgan fingerprint density at radius 3 is 2.31 bits per heavy atom. The second-order valence-corrected chi connectivity index (χ2v) is 8.75. The van der Waals surface area contributed by atoms with Gasteiger partial charge in [-0.15, -0.1) is 0 Å². The zero-order valence-electron chi connectivity index (χ0n) is 14.8. The highest BCUT2D eigenvalue weighted by molar-refractivity contribution is 7.92. The van der Waals surface area contributed by atoms with Gasteiger partial charge in [0.05, 0.1) is 22.9 Å². The molecule has 0 amide bonds. The van der Waals surface area contributed by atoms with Crippen molar-refractivity contribution in [2.75, 3.05) is 16.1 Å². The monoisotopic (exact) mass is 447 g/mol. The topological polar surface area (TPSA) is 165 Å². The van der Waals surface area contributed by atoms with E-state index < -0.39 is 36.9 Å². The van der Waals surface area contributed by atoms with Crippen molar-refractivity contribution < 1.29 is 35.9 Å². The number of benzene rings is 2. The van der Waals surface area contributed by atoms with Crippen LogP contribution in [0.2, 0.25) is 0 Å². The van der Waals surface area contributed by atoms with Gasteiger partial charge >= 0.3 is 5.97 Å². The number of sulfonamides is 1. The van der Waals surface area contributed by atoms with Gasteiger partial charge in [0.1, 0.15) is 0 Å². The van der Waals surface area contributed by atoms with Crippen LogP contribution < -0.4 is 19.3 Å². The van der Waals surface area contributed by atoms with Crippen LogP contribution in [0.15, 0.2) is 47.4 Å². The van der Waals surface area contributed by atoms with Gasteiger partial charge in [-0.3, -0.25) is 14.2 Å². The molecule has 0 atom stereocenters. The second-order valence-electron chi connectivity index (χ2n) is 5.77. The van der Waals surface area contributed by atoms with Crippen LogP contribution in [0.5, 0.6) is 5.75 Å². The lowest BCUT2D eigenvalue weighted by Gasteiger charge is -2.11. The van der Waals surface area contributed by atoms with Crippen molar-refractivity contribution in [2.45, 2.75) is 17.7 Å². The van der Waals surface area contributed by atoms with Crippen molar-refractivity contribution in [3.63, 3.8) is 0 Å². The van der Waals surface area contributed by atoms with Crippen molar-refractivity contribution in [1.82, 2.24) is 0 Å². The third-order valence-electron chi connectivity index (χ3n) is 3.38. The first kappa shape index (κ1) is 22.4. The van der Waals surface area contributed by atoms with Gasteiger partial charge in [0, 0.05) is 6.42 Å². The molecule has 0 aliphatic heterocycles. The highest BCUT2D eigenvalue weighted by Gasteiger charge is 2.17. The first-order valence-corrected chi connectivity index (χ1v) is 11.1. The minimum Gasteiger partial charge on any atom is -0.491 e. The summed E-state index contributed by atoms with van der Waals surface area (Å²) in [4.78, 5) is 10.0. The molecular formula is C16H18FN3O7S2. The Kier molecular flexibility index (Phi) is 7.00. The Morgan fingerprint density at radius 1 is 1.07 bits per heavy atom. The molecule has 0 saturated carbocycles. The zero-order valence-corrected chi connectivity index (χ0v) is 16.5. The number of hydrogen-bond donors (Lipinski definition) is 4. The average molecular weight is 447 g/mol. The van der Waals surface area contributed by atoms with Gasteiger partial charge in [-0.2, -0.15) is 8.42 Å². The van der Waals surface area contributed by atoms with Crippen LogP contribution in [0, 0.1) is 5.82 Å². The summed E-state index contributed by atoms with van der Waals surface area (Å²) in [5.41, 5.74) is 0.0528. The standard InChI is InChI=1S/C16H18FN3O7S2/c17-14-10-13(6-7-15(14)27-8-2-5-16(21)22)28(23,24)19-11-3-1-4-12(9-11)20-29(18,25)26/h1,3-4,6-7,9-10,19-20H,2,5,8H2,(H,21,22)(H2,18,25,26). The van der Waals surface area contributed by atoms with Crippen LogP contribution in [-0.2, 0) is 25.0 Å². The molecule has 0 bridgehead atoms. The molecule has 0 unspecified atom stereocenters. The Hall–Kier alpha value is -2.90. The summed E-state index contributed by atoms with van der Waals surface area (Å²) in [5.74, 6) is -2.16. The summed E-state index contributed by atoms with van der Waals surface area (Å²) in [7, 11) is -8.22. The van der Waals surface area contributed by atoms with Crippen molar-refractivity contribution in [1.29, 1.82) is 0 Å². The molecule has 2 aromatic carbocycles. The van der Waals surface area contributed by atoms with Crippen LogP contribution >= 0.6 is 0 Å². The van der Waals surface area contributed by atoms with Crippen molar-refractivity contribution in [2.24, 2.45) is 5.14 Å². The second kappa shape index (κ2) is 9.07. The van der Waals surface area contributed by atoms with Gasteiger partial charge in [0.15, 0.2) is 11.6 Å². The Labute approximate surface area is 166 Å². The highest BCUT2D eigenvalue weighted by Crippen LogP contribution is 2.24. The Morgan fingerprint density at radius 2 is 1.72 bits per heavy atom. The molecule has 13 heteroatoms. The van der Waals surface area contributed by atoms with Crippen LogP contribution in [-0.4, -0.2) is 34.5 Å². The van der Waals surface area contributed by atoms with Crippen LogP contribution in [0.1, 0.15) is 12.8 Å². The molecule has 0 radical (unpaired) electrons. The van der Waals surface area contributed by atoms with Gasteiger partial charge in [0.25, 0.3) is 20.2 Å². The van der Waals surface area contributed by atoms with E-state index in [1.807, 2.05) is 4.72 Å². The summed E-state index contributed by atoms with van der Waals surface area (Å²) >= 11 is 0. The van der Waals surface area contributed by atoms with E-state index in [2.05, 4.69) is 4.72 Å². The van der Waals surface area contributed by atoms with E-state index in [1.165, 1.54) is 24.3 Å². The van der Waals surface area contributed by atoms with E-state index in [1.54, 1.807) is 0 Å². The average Bonchev–Trinajstić information content (AvgIpc) is 2.58. The predicted octanol–water partition coefficient (Wildman–Crippen LogP) is 1.49. The number of nitrogens with one attached hydrogen (secondary N) is 2. The van der Waals surface area contributed by atoms with Gasteiger partial charge < -0.3 is 9.84 Å². The smallest absolute Gasteiger partial charge is 0.303 e. The number of aliphatic carboxylic acids is 1. The van der Waals surface area contributed by atoms with Crippen LogP contribution in [0.4, 0.5) is 15.8 Å². The zero-order chi connectivity index (χ0) is 21.7. The van der Waals surface area contributed by atoms with E-state index in [9.17, 15) is 26.0 Å². The number of halogens is 1. The molecule has 5 N–H and O–H groups in total. The number of carboxylic acid groups (broad SMARTS) is 1. The molecule has 29 heavy (non-hydrogen) atoms. The third-order valence-corrected chi connectivity index (χ3v) is 5.28. The van der Waals surface area contributed by atoms with Crippen molar-refractivity contribution in [3.8, 4) is 5.75 Å². The molecule has 0 heterocycles. The summed E-state index contributed by atoms with van der Waals surface area (Å²) in [6.07, 6.45) is 0.0245. The van der Waals surface area contributed by atoms with Crippen molar-refractivity contribution in [3.05, 3.63) is 48.3 Å². The summed E-state index contributed by atoms with van der Waals surface area (Å²) < 4.78 is 70.5. The van der Waals surface area contributed by atoms with E-state index in [-0.39, 0.29) is 36.6 Å². The minimum atomic E-state index is -4.18. The van der Waals surface area contributed by atoms with Gasteiger partial charge in [-0.25, -0.2) is 17.9 Å². The number of carboxylic acids is 1. The van der Waals surface area contributed by atoms with Crippen molar-refractivity contribution >= 4 is 37.6 Å². The van der Waals surface area contributed by atoms with Gasteiger partial charge in [0.2, 0.25) is 0 Å². The lowest BCUT2D eigenvalue weighted by Crippen LogP contribution is -2.21. The van der Waals surface area contributed by atoms with Crippen LogP contribution in [0.25, 0.3) is 0 Å². The maximum absolute atomic E-state index is 14.1. The fraction of sp³-hybridized carbons (Fsp3) is 0.188. The molecule has 0 spiro atoms. The van der Waals surface area contributed by atoms with Gasteiger partial charge in [-0.1, -0.05) is 6.07 Å². The molecule has 10 nitrogen and oxygen atoms in total. The number of ether oxygens (including phenoxy) is 1. The Bertz CT molecular complexity index is 1110. The normalized spacial score (nSPS) is 11.7. The number of hydrogen-bond acceptors (Lipinski definition) is 6. The maximum atomic E-state index is 14.1. The van der Waals surface area contributed by atoms with E-state index in [0.717, 1.165) is 18.2 Å². The number of nitrogens with two attached hydrogens (primary N) is 1. The Balaban J connectivity index is 2.12. The summed E-state index contributed by atoms with van der Waals surface area (Å²) in [5, 5.41) is 13.4. The molecule has 0 aromatic heterocycles. The molecule has 0 aliphatic rings. The SMILES string of the molecule is NS(=O)(=O)Nc1cccc(NS(=O)(=O)c2ccc(OCCCC(=O)O)c(F)c2)c1. The first-order valence-electron chi connectivity index (χ1n) is 8.04. The van der Waals surface area contributed by atoms with E-state index >= 15 is 0 Å². The largest absolute Gasteiger partial charge is 0.491 e. The molecule has 0 fully saturated rings. The molecular weight excluding hydrogens is 429 g/mol. The van der Waals surface area contributed by atoms with Crippen LogP contribution in [0.3, 0.4) is 0 Å².